The SMILES string of the molecule is CSN1CCC(Oc2ccc(-c3ccnc(Cc4ccc(N5CCOCC5)cc4)n3)cc2C#N)CC1.O.O. The Morgan fingerprint density at radius 2 is 1.76 bits per heavy atom. The number of ether oxygens (including phenoxy) is 2. The van der Waals surface area contributed by atoms with Crippen molar-refractivity contribution in [3.63, 3.8) is 0 Å². The minimum Gasteiger partial charge on any atom is -0.489 e. The zero-order valence-electron chi connectivity index (χ0n) is 21.6. The molecule has 2 aliphatic rings. The van der Waals surface area contributed by atoms with Gasteiger partial charge in [0.1, 0.15) is 23.7 Å². The normalized spacial score (nSPS) is 16.2. The summed E-state index contributed by atoms with van der Waals surface area (Å²) in [6.45, 7) is 5.42. The molecule has 0 saturated carbocycles. The molecule has 2 fully saturated rings. The van der Waals surface area contributed by atoms with Crippen molar-refractivity contribution in [2.24, 2.45) is 0 Å². The van der Waals surface area contributed by atoms with Crippen LogP contribution in [0.2, 0.25) is 0 Å². The predicted molar refractivity (Wildman–Crippen MR) is 150 cm³/mol. The lowest BCUT2D eigenvalue weighted by Crippen LogP contribution is -2.36. The van der Waals surface area contributed by atoms with E-state index in [4.69, 9.17) is 14.5 Å². The summed E-state index contributed by atoms with van der Waals surface area (Å²) in [5.41, 5.74) is 4.62. The number of morpholine rings is 1. The van der Waals surface area contributed by atoms with Crippen LogP contribution in [0.5, 0.6) is 5.75 Å². The lowest BCUT2D eigenvalue weighted by molar-refractivity contribution is 0.122. The fourth-order valence-electron chi connectivity index (χ4n) is 4.67. The molecule has 1 aromatic heterocycles. The standard InChI is InChI=1S/C28H31N5O2S.2H2O/c1-36-33-12-9-25(10-13-33)35-27-7-4-22(19-23(27)20-29)26-8-11-30-28(31-26)18-21-2-5-24(6-3-21)32-14-16-34-17-15-32;;/h2-8,11,19,25H,9-10,12-18H2,1H3;2*1H2. The van der Waals surface area contributed by atoms with E-state index in [1.165, 1.54) is 5.69 Å². The first-order valence-corrected chi connectivity index (χ1v) is 13.6. The Morgan fingerprint density at radius 1 is 1.03 bits per heavy atom. The van der Waals surface area contributed by atoms with Crippen LogP contribution < -0.4 is 9.64 Å². The summed E-state index contributed by atoms with van der Waals surface area (Å²) in [6.07, 6.45) is 6.63. The zero-order valence-corrected chi connectivity index (χ0v) is 22.4. The molecule has 2 aliphatic heterocycles. The molecule has 0 spiro atoms. The molecule has 0 unspecified atom stereocenters. The molecule has 2 saturated heterocycles. The Morgan fingerprint density at radius 3 is 2.45 bits per heavy atom. The van der Waals surface area contributed by atoms with E-state index in [1.807, 2.05) is 24.3 Å². The molecule has 0 atom stereocenters. The first-order chi connectivity index (χ1) is 17.7. The number of hydrogen-bond acceptors (Lipinski definition) is 8. The summed E-state index contributed by atoms with van der Waals surface area (Å²) in [5.74, 6) is 1.41. The van der Waals surface area contributed by atoms with Gasteiger partial charge in [-0.3, -0.25) is 4.31 Å². The molecule has 202 valence electrons. The molecule has 10 heteroatoms. The Labute approximate surface area is 228 Å². The molecule has 0 amide bonds. The van der Waals surface area contributed by atoms with Gasteiger partial charge in [0.15, 0.2) is 0 Å². The van der Waals surface area contributed by atoms with Crippen molar-refractivity contribution in [3.8, 4) is 23.1 Å². The zero-order chi connectivity index (χ0) is 24.7. The molecular weight excluding hydrogens is 502 g/mol. The first-order valence-electron chi connectivity index (χ1n) is 12.5. The lowest BCUT2D eigenvalue weighted by Gasteiger charge is -2.30. The second-order valence-electron chi connectivity index (χ2n) is 9.05. The number of anilines is 1. The molecule has 5 rings (SSSR count). The lowest BCUT2D eigenvalue weighted by atomic mass is 10.1. The predicted octanol–water partition coefficient (Wildman–Crippen LogP) is 2.91. The highest BCUT2D eigenvalue weighted by Gasteiger charge is 2.21. The van der Waals surface area contributed by atoms with Crippen molar-refractivity contribution in [1.29, 1.82) is 5.26 Å². The van der Waals surface area contributed by atoms with E-state index < -0.39 is 0 Å². The van der Waals surface area contributed by atoms with Crippen molar-refractivity contribution in [2.45, 2.75) is 25.4 Å². The number of hydrogen-bond donors (Lipinski definition) is 0. The van der Waals surface area contributed by atoms with Gasteiger partial charge in [0.2, 0.25) is 0 Å². The topological polar surface area (TPSA) is 138 Å². The minimum absolute atomic E-state index is 0. The van der Waals surface area contributed by atoms with Crippen LogP contribution >= 0.6 is 11.9 Å². The van der Waals surface area contributed by atoms with E-state index >= 15 is 0 Å². The van der Waals surface area contributed by atoms with Gasteiger partial charge in [0.05, 0.1) is 24.5 Å². The monoisotopic (exact) mass is 537 g/mol. The largest absolute Gasteiger partial charge is 0.489 e. The average molecular weight is 538 g/mol. The minimum atomic E-state index is 0. The van der Waals surface area contributed by atoms with Gasteiger partial charge in [-0.25, -0.2) is 9.97 Å². The Kier molecular flexibility index (Phi) is 10.9. The Bertz CT molecular complexity index is 1210. The van der Waals surface area contributed by atoms with Crippen LogP contribution in [0, 0.1) is 11.3 Å². The molecule has 9 nitrogen and oxygen atoms in total. The maximum absolute atomic E-state index is 9.78. The number of piperidine rings is 1. The summed E-state index contributed by atoms with van der Waals surface area (Å²) >= 11 is 1.78. The highest BCUT2D eigenvalue weighted by molar-refractivity contribution is 7.96. The maximum atomic E-state index is 9.78. The third-order valence-electron chi connectivity index (χ3n) is 6.73. The summed E-state index contributed by atoms with van der Waals surface area (Å²) in [5, 5.41) is 9.78. The van der Waals surface area contributed by atoms with Gasteiger partial charge in [-0.15, -0.1) is 0 Å². The second-order valence-corrected chi connectivity index (χ2v) is 9.93. The van der Waals surface area contributed by atoms with E-state index in [-0.39, 0.29) is 17.1 Å². The molecule has 0 aliphatic carbocycles. The van der Waals surface area contributed by atoms with Crippen LogP contribution in [-0.4, -0.2) is 77.0 Å². The van der Waals surface area contributed by atoms with Gasteiger partial charge in [-0.05, 0) is 61.1 Å². The maximum Gasteiger partial charge on any atom is 0.137 e. The summed E-state index contributed by atoms with van der Waals surface area (Å²) < 4.78 is 14.0. The average Bonchev–Trinajstić information content (AvgIpc) is 2.95. The van der Waals surface area contributed by atoms with Crippen LogP contribution in [0.1, 0.15) is 29.8 Å². The van der Waals surface area contributed by atoms with Gasteiger partial charge in [-0.1, -0.05) is 24.1 Å². The fraction of sp³-hybridized carbons (Fsp3) is 0.393. The van der Waals surface area contributed by atoms with Crippen LogP contribution in [0.15, 0.2) is 54.7 Å². The summed E-state index contributed by atoms with van der Waals surface area (Å²) in [7, 11) is 0. The van der Waals surface area contributed by atoms with Gasteiger partial charge in [-0.2, -0.15) is 5.26 Å². The van der Waals surface area contributed by atoms with E-state index in [1.54, 1.807) is 18.1 Å². The summed E-state index contributed by atoms with van der Waals surface area (Å²) in [4.78, 5) is 11.6. The number of benzene rings is 2. The first kappa shape index (κ1) is 29.4. The number of rotatable bonds is 7. The molecular formula is C28H35N5O4S. The van der Waals surface area contributed by atoms with Crippen molar-refractivity contribution in [3.05, 3.63) is 71.7 Å². The number of aromatic nitrogens is 2. The molecule has 4 N–H and O–H groups in total. The molecule has 38 heavy (non-hydrogen) atoms. The fourth-order valence-corrected chi connectivity index (χ4v) is 5.24. The molecule has 0 bridgehead atoms. The van der Waals surface area contributed by atoms with Crippen molar-refractivity contribution < 1.29 is 20.4 Å². The molecule has 2 aromatic carbocycles. The Hall–Kier alpha value is -3.20. The van der Waals surface area contributed by atoms with Crippen LogP contribution in [-0.2, 0) is 11.2 Å². The summed E-state index contributed by atoms with van der Waals surface area (Å²) in [6, 6.07) is 18.6. The molecule has 3 heterocycles. The molecule has 0 radical (unpaired) electrons. The van der Waals surface area contributed by atoms with E-state index in [9.17, 15) is 5.26 Å². The highest BCUT2D eigenvalue weighted by atomic mass is 32.2. The number of nitriles is 1. The van der Waals surface area contributed by atoms with Gasteiger partial charge in [0.25, 0.3) is 0 Å². The van der Waals surface area contributed by atoms with Gasteiger partial charge < -0.3 is 25.3 Å². The third kappa shape index (κ3) is 7.22. The van der Waals surface area contributed by atoms with Crippen molar-refractivity contribution in [2.75, 3.05) is 50.5 Å². The third-order valence-corrected chi connectivity index (χ3v) is 7.61. The van der Waals surface area contributed by atoms with Crippen molar-refractivity contribution >= 4 is 17.6 Å². The van der Waals surface area contributed by atoms with Crippen molar-refractivity contribution in [1.82, 2.24) is 14.3 Å². The van der Waals surface area contributed by atoms with Crippen LogP contribution in [0.25, 0.3) is 11.3 Å². The smallest absolute Gasteiger partial charge is 0.137 e. The second kappa shape index (κ2) is 14.1. The van der Waals surface area contributed by atoms with Crippen LogP contribution in [0.3, 0.4) is 0 Å². The quantitative estimate of drug-likeness (QED) is 0.420. The van der Waals surface area contributed by atoms with Gasteiger partial charge in [0, 0.05) is 50.0 Å². The molecule has 3 aromatic rings. The highest BCUT2D eigenvalue weighted by Crippen LogP contribution is 2.28. The van der Waals surface area contributed by atoms with E-state index in [0.29, 0.717) is 17.7 Å². The van der Waals surface area contributed by atoms with E-state index in [0.717, 1.165) is 74.9 Å². The van der Waals surface area contributed by atoms with Crippen LogP contribution in [0.4, 0.5) is 5.69 Å². The number of nitrogens with zero attached hydrogens (tertiary/aromatic N) is 5. The van der Waals surface area contributed by atoms with Gasteiger partial charge >= 0.3 is 0 Å². The Balaban J connectivity index is 0.00000200. The van der Waals surface area contributed by atoms with E-state index in [2.05, 4.69) is 50.8 Å².